The Hall–Kier alpha value is -2.10. The van der Waals surface area contributed by atoms with E-state index in [9.17, 15) is 9.59 Å². The predicted octanol–water partition coefficient (Wildman–Crippen LogP) is 1.72. The highest BCUT2D eigenvalue weighted by molar-refractivity contribution is 6.03. The first-order valence-corrected chi connectivity index (χ1v) is 5.45. The molecule has 0 bridgehead atoms. The third kappa shape index (κ3) is 2.53. The van der Waals surface area contributed by atoms with Crippen LogP contribution in [0.2, 0.25) is 0 Å². The number of fused-ring (bicyclic) bond motifs is 1. The number of carboxylic acids is 1. The van der Waals surface area contributed by atoms with Gasteiger partial charge in [-0.3, -0.25) is 4.79 Å². The smallest absolute Gasteiger partial charge is 0.328 e. The molecule has 0 unspecified atom stereocenters. The number of rotatable bonds is 3. The second-order valence-corrected chi connectivity index (χ2v) is 3.88. The summed E-state index contributed by atoms with van der Waals surface area (Å²) in [4.78, 5) is 24.1. The van der Waals surface area contributed by atoms with Crippen molar-refractivity contribution in [2.75, 3.05) is 18.0 Å². The average molecular weight is 231 g/mol. The number of ketones is 1. The van der Waals surface area contributed by atoms with Gasteiger partial charge in [-0.1, -0.05) is 18.2 Å². The third-order valence-electron chi connectivity index (χ3n) is 2.74. The van der Waals surface area contributed by atoms with Crippen LogP contribution in [0.1, 0.15) is 16.8 Å². The number of hydrogen-bond donors (Lipinski definition) is 1. The van der Waals surface area contributed by atoms with E-state index < -0.39 is 5.97 Å². The summed E-state index contributed by atoms with van der Waals surface area (Å²) in [6.07, 6.45) is 3.20. The summed E-state index contributed by atoms with van der Waals surface area (Å²) in [5.41, 5.74) is 1.61. The van der Waals surface area contributed by atoms with Gasteiger partial charge in [0.1, 0.15) is 0 Å². The minimum absolute atomic E-state index is 0.152. The van der Waals surface area contributed by atoms with Crippen LogP contribution in [0.4, 0.5) is 5.69 Å². The fourth-order valence-corrected chi connectivity index (χ4v) is 1.95. The van der Waals surface area contributed by atoms with Crippen molar-refractivity contribution in [3.63, 3.8) is 0 Å². The summed E-state index contributed by atoms with van der Waals surface area (Å²) in [6.45, 7) is 1.15. The maximum absolute atomic E-state index is 11.7. The zero-order valence-electron chi connectivity index (χ0n) is 9.30. The van der Waals surface area contributed by atoms with Gasteiger partial charge in [-0.15, -0.1) is 0 Å². The van der Waals surface area contributed by atoms with Gasteiger partial charge in [-0.2, -0.15) is 0 Å². The largest absolute Gasteiger partial charge is 0.478 e. The number of nitrogens with zero attached hydrogens (tertiary/aromatic N) is 1. The number of aliphatic carboxylic acids is 1. The van der Waals surface area contributed by atoms with Crippen molar-refractivity contribution in [2.24, 2.45) is 0 Å². The number of para-hydroxylation sites is 1. The molecule has 0 amide bonds. The fraction of sp³-hybridized carbons (Fsp3) is 0.231. The van der Waals surface area contributed by atoms with Gasteiger partial charge in [-0.05, 0) is 12.1 Å². The summed E-state index contributed by atoms with van der Waals surface area (Å²) in [7, 11) is 0. The zero-order valence-corrected chi connectivity index (χ0v) is 9.30. The van der Waals surface area contributed by atoms with Crippen LogP contribution in [-0.2, 0) is 4.79 Å². The summed E-state index contributed by atoms with van der Waals surface area (Å²) >= 11 is 0. The molecule has 0 atom stereocenters. The lowest BCUT2D eigenvalue weighted by Gasteiger charge is -2.29. The van der Waals surface area contributed by atoms with Gasteiger partial charge < -0.3 is 10.0 Å². The Morgan fingerprint density at radius 3 is 2.94 bits per heavy atom. The number of benzene rings is 1. The van der Waals surface area contributed by atoms with Crippen molar-refractivity contribution < 1.29 is 14.7 Å². The van der Waals surface area contributed by atoms with Crippen molar-refractivity contribution in [2.45, 2.75) is 6.42 Å². The molecular formula is C13H13NO3. The minimum atomic E-state index is -0.952. The van der Waals surface area contributed by atoms with Crippen LogP contribution in [0.5, 0.6) is 0 Å². The van der Waals surface area contributed by atoms with Gasteiger partial charge >= 0.3 is 5.97 Å². The summed E-state index contributed by atoms with van der Waals surface area (Å²) < 4.78 is 0. The Bertz CT molecular complexity index is 479. The van der Waals surface area contributed by atoms with E-state index in [1.807, 2.05) is 29.2 Å². The molecule has 1 aromatic carbocycles. The van der Waals surface area contributed by atoms with Crippen LogP contribution < -0.4 is 4.90 Å². The second-order valence-electron chi connectivity index (χ2n) is 3.88. The Kier molecular flexibility index (Phi) is 3.23. The first kappa shape index (κ1) is 11.4. The van der Waals surface area contributed by atoms with E-state index >= 15 is 0 Å². The van der Waals surface area contributed by atoms with E-state index in [4.69, 9.17) is 5.11 Å². The first-order valence-electron chi connectivity index (χ1n) is 5.45. The van der Waals surface area contributed by atoms with Gasteiger partial charge in [0.15, 0.2) is 5.78 Å². The van der Waals surface area contributed by atoms with Crippen molar-refractivity contribution in [3.05, 3.63) is 42.0 Å². The predicted molar refractivity (Wildman–Crippen MR) is 64.4 cm³/mol. The highest BCUT2D eigenvalue weighted by Gasteiger charge is 2.21. The second kappa shape index (κ2) is 4.82. The van der Waals surface area contributed by atoms with Crippen LogP contribution in [-0.4, -0.2) is 29.9 Å². The van der Waals surface area contributed by atoms with E-state index in [2.05, 4.69) is 0 Å². The maximum atomic E-state index is 11.7. The van der Waals surface area contributed by atoms with Crippen molar-refractivity contribution >= 4 is 17.4 Å². The quantitative estimate of drug-likeness (QED) is 0.805. The number of Topliss-reactive ketones (excluding diaryl/α,β-unsaturated/α-hetero) is 1. The van der Waals surface area contributed by atoms with Gasteiger partial charge in [0.25, 0.3) is 0 Å². The zero-order chi connectivity index (χ0) is 12.3. The normalized spacial score (nSPS) is 15.1. The summed E-state index contributed by atoms with van der Waals surface area (Å²) in [6, 6.07) is 7.42. The highest BCUT2D eigenvalue weighted by Crippen LogP contribution is 2.26. The molecular weight excluding hydrogens is 218 g/mol. The lowest BCUT2D eigenvalue weighted by molar-refractivity contribution is -0.131. The van der Waals surface area contributed by atoms with E-state index in [1.54, 1.807) is 6.08 Å². The average Bonchev–Trinajstić information content (AvgIpc) is 2.32. The van der Waals surface area contributed by atoms with Crippen LogP contribution in [0, 0.1) is 0 Å². The van der Waals surface area contributed by atoms with Gasteiger partial charge in [0, 0.05) is 36.8 Å². The Morgan fingerprint density at radius 1 is 1.41 bits per heavy atom. The van der Waals surface area contributed by atoms with E-state index in [0.29, 0.717) is 19.5 Å². The van der Waals surface area contributed by atoms with Gasteiger partial charge in [-0.25, -0.2) is 4.79 Å². The molecule has 88 valence electrons. The van der Waals surface area contributed by atoms with Crippen LogP contribution >= 0.6 is 0 Å². The SMILES string of the molecule is O=C(O)/C=C/CN1CCC(=O)c2ccccc21. The van der Waals surface area contributed by atoms with E-state index in [0.717, 1.165) is 17.3 Å². The number of hydrogen-bond acceptors (Lipinski definition) is 3. The molecule has 0 saturated carbocycles. The molecule has 0 spiro atoms. The number of anilines is 1. The summed E-state index contributed by atoms with van der Waals surface area (Å²) in [5.74, 6) is -0.801. The molecule has 0 aromatic heterocycles. The Morgan fingerprint density at radius 2 is 2.18 bits per heavy atom. The number of carbonyl (C=O) groups excluding carboxylic acids is 1. The van der Waals surface area contributed by atoms with E-state index in [-0.39, 0.29) is 5.78 Å². The Balaban J connectivity index is 2.19. The molecule has 4 heteroatoms. The first-order chi connectivity index (χ1) is 8.18. The molecule has 4 nitrogen and oxygen atoms in total. The van der Waals surface area contributed by atoms with Gasteiger partial charge in [0.05, 0.1) is 0 Å². The summed E-state index contributed by atoms with van der Waals surface area (Å²) in [5, 5.41) is 8.52. The van der Waals surface area contributed by atoms with Crippen LogP contribution in [0.25, 0.3) is 0 Å². The molecule has 0 aliphatic carbocycles. The third-order valence-corrected chi connectivity index (χ3v) is 2.74. The number of carbonyl (C=O) groups is 2. The topological polar surface area (TPSA) is 57.6 Å². The monoisotopic (exact) mass is 231 g/mol. The molecule has 0 radical (unpaired) electrons. The van der Waals surface area contributed by atoms with Crippen molar-refractivity contribution in [3.8, 4) is 0 Å². The van der Waals surface area contributed by atoms with E-state index in [1.165, 1.54) is 0 Å². The van der Waals surface area contributed by atoms with Crippen LogP contribution in [0.3, 0.4) is 0 Å². The molecule has 0 fully saturated rings. The maximum Gasteiger partial charge on any atom is 0.328 e. The van der Waals surface area contributed by atoms with Crippen molar-refractivity contribution in [1.29, 1.82) is 0 Å². The molecule has 1 heterocycles. The van der Waals surface area contributed by atoms with Gasteiger partial charge in [0.2, 0.25) is 0 Å². The molecule has 0 saturated heterocycles. The molecule has 2 rings (SSSR count). The minimum Gasteiger partial charge on any atom is -0.478 e. The molecule has 17 heavy (non-hydrogen) atoms. The molecule has 1 aliphatic rings. The lowest BCUT2D eigenvalue weighted by atomic mass is 10.0. The van der Waals surface area contributed by atoms with Crippen LogP contribution in [0.15, 0.2) is 36.4 Å². The Labute approximate surface area is 99.2 Å². The fourth-order valence-electron chi connectivity index (χ4n) is 1.95. The van der Waals surface area contributed by atoms with Crippen molar-refractivity contribution in [1.82, 2.24) is 0 Å². The molecule has 1 aromatic rings. The number of carboxylic acid groups (broad SMARTS) is 1. The lowest BCUT2D eigenvalue weighted by Crippen LogP contribution is -2.32. The molecule has 1 N–H and O–H groups in total. The highest BCUT2D eigenvalue weighted by atomic mass is 16.4. The standard InChI is InChI=1S/C13H13NO3/c15-12-7-9-14(8-3-6-13(16)17)11-5-2-1-4-10(11)12/h1-6H,7-9H2,(H,16,17)/b6-3+. The molecule has 1 aliphatic heterocycles.